The second-order valence-corrected chi connectivity index (χ2v) is 6.41. The number of benzene rings is 2. The summed E-state index contributed by atoms with van der Waals surface area (Å²) in [4.78, 5) is 24.1. The zero-order valence-electron chi connectivity index (χ0n) is 12.0. The minimum absolute atomic E-state index is 0.0157. The Balaban J connectivity index is 2.03. The van der Waals surface area contributed by atoms with Crippen molar-refractivity contribution in [1.29, 1.82) is 0 Å². The Morgan fingerprint density at radius 3 is 2.52 bits per heavy atom. The van der Waals surface area contributed by atoms with Crippen LogP contribution in [0.4, 0.5) is 10.1 Å². The Hall–Kier alpha value is -1.73. The van der Waals surface area contributed by atoms with E-state index in [2.05, 4.69) is 37.2 Å². The van der Waals surface area contributed by atoms with Gasteiger partial charge in [0.2, 0.25) is 0 Å². The van der Waals surface area contributed by atoms with E-state index in [1.807, 2.05) is 0 Å². The van der Waals surface area contributed by atoms with Crippen LogP contribution >= 0.6 is 31.9 Å². The van der Waals surface area contributed by atoms with Crippen molar-refractivity contribution in [2.75, 3.05) is 5.32 Å². The molecule has 0 aliphatic rings. The number of amides is 1. The molecule has 1 amide bonds. The van der Waals surface area contributed by atoms with E-state index in [4.69, 9.17) is 4.74 Å². The number of ether oxygens (including phenoxy) is 1. The van der Waals surface area contributed by atoms with Gasteiger partial charge in [-0.2, -0.15) is 0 Å². The van der Waals surface area contributed by atoms with E-state index in [1.54, 1.807) is 30.3 Å². The highest BCUT2D eigenvalue weighted by Gasteiger charge is 2.21. The third-order valence-corrected chi connectivity index (χ3v) is 4.12. The predicted molar refractivity (Wildman–Crippen MR) is 91.7 cm³/mol. The van der Waals surface area contributed by atoms with Crippen molar-refractivity contribution in [1.82, 2.24) is 0 Å². The van der Waals surface area contributed by atoms with Gasteiger partial charge < -0.3 is 10.1 Å². The fourth-order valence-corrected chi connectivity index (χ4v) is 2.51. The Kier molecular flexibility index (Phi) is 5.90. The number of halogens is 3. The third-order valence-electron chi connectivity index (χ3n) is 2.94. The lowest BCUT2D eigenvalue weighted by atomic mass is 10.2. The normalized spacial score (nSPS) is 11.7. The van der Waals surface area contributed by atoms with E-state index in [9.17, 15) is 14.0 Å². The Morgan fingerprint density at radius 2 is 1.87 bits per heavy atom. The minimum atomic E-state index is -1.07. The van der Waals surface area contributed by atoms with Gasteiger partial charge in [-0.05, 0) is 53.2 Å². The van der Waals surface area contributed by atoms with Gasteiger partial charge >= 0.3 is 5.97 Å². The molecule has 120 valence electrons. The van der Waals surface area contributed by atoms with Gasteiger partial charge in [0.05, 0.1) is 11.3 Å². The van der Waals surface area contributed by atoms with Gasteiger partial charge in [-0.1, -0.05) is 28.1 Å². The van der Waals surface area contributed by atoms with Crippen LogP contribution < -0.4 is 5.32 Å². The Labute approximate surface area is 149 Å². The molecule has 4 nitrogen and oxygen atoms in total. The van der Waals surface area contributed by atoms with Gasteiger partial charge in [-0.25, -0.2) is 9.18 Å². The molecule has 1 N–H and O–H groups in total. The molecule has 0 radical (unpaired) electrons. The fourth-order valence-electron chi connectivity index (χ4n) is 1.73. The maximum absolute atomic E-state index is 13.7. The number of rotatable bonds is 4. The maximum Gasteiger partial charge on any atom is 0.340 e. The summed E-state index contributed by atoms with van der Waals surface area (Å²) in [7, 11) is 0. The first-order valence-electron chi connectivity index (χ1n) is 6.60. The number of anilines is 1. The van der Waals surface area contributed by atoms with Crippen LogP contribution in [0, 0.1) is 5.82 Å². The molecule has 0 heterocycles. The van der Waals surface area contributed by atoms with Crippen molar-refractivity contribution in [2.45, 2.75) is 13.0 Å². The quantitative estimate of drug-likeness (QED) is 0.704. The van der Waals surface area contributed by atoms with Crippen LogP contribution in [-0.4, -0.2) is 18.0 Å². The van der Waals surface area contributed by atoms with Crippen LogP contribution in [0.25, 0.3) is 0 Å². The smallest absolute Gasteiger partial charge is 0.340 e. The van der Waals surface area contributed by atoms with Crippen LogP contribution in [0.15, 0.2) is 51.4 Å². The van der Waals surface area contributed by atoms with Gasteiger partial charge in [0.15, 0.2) is 6.10 Å². The molecule has 0 aromatic heterocycles. The Bertz CT molecular complexity index is 752. The highest BCUT2D eigenvalue weighted by atomic mass is 79.9. The molecule has 0 aliphatic carbocycles. The first-order valence-corrected chi connectivity index (χ1v) is 8.18. The molecule has 0 bridgehead atoms. The van der Waals surface area contributed by atoms with Gasteiger partial charge in [-0.15, -0.1) is 0 Å². The summed E-state index contributed by atoms with van der Waals surface area (Å²) in [5, 5.41) is 2.38. The maximum atomic E-state index is 13.7. The van der Waals surface area contributed by atoms with Gasteiger partial charge in [0.1, 0.15) is 5.82 Å². The second-order valence-electron chi connectivity index (χ2n) is 4.64. The molecule has 1 unspecified atom stereocenters. The average molecular weight is 445 g/mol. The van der Waals surface area contributed by atoms with Crippen molar-refractivity contribution >= 4 is 49.4 Å². The molecule has 0 spiro atoms. The first kappa shape index (κ1) is 17.6. The summed E-state index contributed by atoms with van der Waals surface area (Å²) in [5.74, 6) is -1.85. The van der Waals surface area contributed by atoms with E-state index in [1.165, 1.54) is 19.1 Å². The molecular weight excluding hydrogens is 433 g/mol. The molecule has 0 saturated heterocycles. The zero-order valence-corrected chi connectivity index (χ0v) is 15.1. The monoisotopic (exact) mass is 443 g/mol. The highest BCUT2D eigenvalue weighted by molar-refractivity contribution is 9.10. The lowest BCUT2D eigenvalue weighted by Gasteiger charge is -2.14. The summed E-state index contributed by atoms with van der Waals surface area (Å²) >= 11 is 6.37. The number of nitrogens with one attached hydrogen (secondary N) is 1. The summed E-state index contributed by atoms with van der Waals surface area (Å²) in [5.41, 5.74) is 0.323. The van der Waals surface area contributed by atoms with Crippen molar-refractivity contribution in [3.8, 4) is 0 Å². The topological polar surface area (TPSA) is 55.4 Å². The molecule has 2 aromatic carbocycles. The molecule has 2 aromatic rings. The number of carbonyl (C=O) groups is 2. The van der Waals surface area contributed by atoms with Crippen molar-refractivity contribution in [3.05, 3.63) is 62.8 Å². The standard InChI is InChI=1S/C16H12Br2FNO3/c1-9(23-16(22)11-4-2-3-5-12(11)18)15(21)20-14-7-6-10(17)8-13(14)19/h2-9H,1H3,(H,20,21). The van der Waals surface area contributed by atoms with Crippen LogP contribution in [0.5, 0.6) is 0 Å². The zero-order chi connectivity index (χ0) is 17.0. The van der Waals surface area contributed by atoms with Crippen molar-refractivity contribution in [3.63, 3.8) is 0 Å². The molecule has 23 heavy (non-hydrogen) atoms. The van der Waals surface area contributed by atoms with Crippen molar-refractivity contribution in [2.24, 2.45) is 0 Å². The van der Waals surface area contributed by atoms with E-state index >= 15 is 0 Å². The molecule has 0 saturated carbocycles. The fraction of sp³-hybridized carbons (Fsp3) is 0.125. The lowest BCUT2D eigenvalue weighted by molar-refractivity contribution is -0.123. The number of carbonyl (C=O) groups excluding carboxylic acids is 2. The van der Waals surface area contributed by atoms with E-state index in [-0.39, 0.29) is 5.69 Å². The molecule has 0 fully saturated rings. The van der Waals surface area contributed by atoms with Crippen LogP contribution in [0.2, 0.25) is 0 Å². The van der Waals surface area contributed by atoms with Crippen molar-refractivity contribution < 1.29 is 18.7 Å². The molecule has 7 heteroatoms. The minimum Gasteiger partial charge on any atom is -0.449 e. The number of hydrogen-bond acceptors (Lipinski definition) is 3. The SMILES string of the molecule is CC(OC(=O)c1ccccc1Br)C(=O)Nc1ccc(Br)cc1F. The van der Waals surface area contributed by atoms with Gasteiger partial charge in [0.25, 0.3) is 5.91 Å². The second kappa shape index (κ2) is 7.70. The summed E-state index contributed by atoms with van der Waals surface area (Å²) in [6.07, 6.45) is -1.07. The number of esters is 1. The van der Waals surface area contributed by atoms with Gasteiger partial charge in [-0.3, -0.25) is 4.79 Å². The molecule has 1 atom stereocenters. The number of hydrogen-bond donors (Lipinski definition) is 1. The highest BCUT2D eigenvalue weighted by Crippen LogP contribution is 2.20. The summed E-state index contributed by atoms with van der Waals surface area (Å²) in [6.45, 7) is 1.42. The van der Waals surface area contributed by atoms with E-state index in [0.29, 0.717) is 14.5 Å². The lowest BCUT2D eigenvalue weighted by Crippen LogP contribution is -2.30. The average Bonchev–Trinajstić information content (AvgIpc) is 2.50. The van der Waals surface area contributed by atoms with E-state index in [0.717, 1.165) is 0 Å². The molecule has 0 aliphatic heterocycles. The summed E-state index contributed by atoms with van der Waals surface area (Å²) < 4.78 is 19.9. The predicted octanol–water partition coefficient (Wildman–Crippen LogP) is 4.53. The van der Waals surface area contributed by atoms with Crippen LogP contribution in [0.1, 0.15) is 17.3 Å². The largest absolute Gasteiger partial charge is 0.449 e. The molecular formula is C16H12Br2FNO3. The Morgan fingerprint density at radius 1 is 1.17 bits per heavy atom. The summed E-state index contributed by atoms with van der Waals surface area (Å²) in [6, 6.07) is 10.9. The van der Waals surface area contributed by atoms with E-state index < -0.39 is 23.8 Å². The first-order chi connectivity index (χ1) is 10.9. The third kappa shape index (κ3) is 4.62. The van der Waals surface area contributed by atoms with Crippen LogP contribution in [-0.2, 0) is 9.53 Å². The van der Waals surface area contributed by atoms with Crippen LogP contribution in [0.3, 0.4) is 0 Å². The molecule has 2 rings (SSSR count). The van der Waals surface area contributed by atoms with Gasteiger partial charge in [0, 0.05) is 8.95 Å².